The maximum Gasteiger partial charge on any atom is 0.416 e. The highest BCUT2D eigenvalue weighted by atomic mass is 19.4. The van der Waals surface area contributed by atoms with Crippen molar-refractivity contribution in [3.05, 3.63) is 77.6 Å². The number of rotatable bonds is 4. The normalized spacial score (nSPS) is 10.6. The fraction of sp³-hybridized carbons (Fsp3) is 0.143. The van der Waals surface area contributed by atoms with Crippen LogP contribution in [0.1, 0.15) is 21.5 Å². The average molecular weight is 432 g/mol. The summed E-state index contributed by atoms with van der Waals surface area (Å²) in [4.78, 5) is 30.5. The number of nitrogen functional groups attached to an aromatic ring is 1. The van der Waals surface area contributed by atoms with E-state index in [0.717, 1.165) is 17.7 Å². The first kappa shape index (κ1) is 23.3. The molecule has 0 aliphatic heterocycles. The van der Waals surface area contributed by atoms with Crippen molar-refractivity contribution in [2.24, 2.45) is 0 Å². The molecule has 1 aromatic heterocycles. The smallest absolute Gasteiger partial charge is 0.416 e. The zero-order chi connectivity index (χ0) is 23.0. The maximum absolute atomic E-state index is 12.6. The quantitative estimate of drug-likeness (QED) is 0.608. The summed E-state index contributed by atoms with van der Waals surface area (Å²) in [6.07, 6.45) is -1.36. The molecule has 0 atom stereocenters. The molecule has 0 saturated heterocycles. The zero-order valence-corrected chi connectivity index (χ0v) is 16.4. The van der Waals surface area contributed by atoms with Crippen LogP contribution in [0.25, 0.3) is 11.3 Å². The van der Waals surface area contributed by atoms with Crippen LogP contribution in [-0.4, -0.2) is 39.4 Å². The van der Waals surface area contributed by atoms with E-state index in [0.29, 0.717) is 22.6 Å². The molecule has 162 valence electrons. The summed E-state index contributed by atoms with van der Waals surface area (Å²) in [6, 6.07) is 11.6. The Morgan fingerprint density at radius 1 is 1.10 bits per heavy atom. The molecule has 31 heavy (non-hydrogen) atoms. The number of hydrogen-bond acceptors (Lipinski definition) is 5. The van der Waals surface area contributed by atoms with E-state index in [-0.39, 0.29) is 18.9 Å². The first-order valence-electron chi connectivity index (χ1n) is 8.83. The number of nitrogens with two attached hydrogens (primary N) is 1. The Morgan fingerprint density at radius 2 is 1.68 bits per heavy atom. The third-order valence-electron chi connectivity index (χ3n) is 4.13. The highest BCUT2D eigenvalue weighted by molar-refractivity contribution is 5.94. The highest BCUT2D eigenvalue weighted by Gasteiger charge is 2.30. The summed E-state index contributed by atoms with van der Waals surface area (Å²) in [6.45, 7) is -0.0561. The second kappa shape index (κ2) is 10.2. The van der Waals surface area contributed by atoms with Gasteiger partial charge in [0.05, 0.1) is 23.7 Å². The lowest BCUT2D eigenvalue weighted by Crippen LogP contribution is -2.26. The van der Waals surface area contributed by atoms with Gasteiger partial charge in [-0.15, -0.1) is 0 Å². The van der Waals surface area contributed by atoms with Gasteiger partial charge in [-0.3, -0.25) is 14.6 Å². The molecule has 1 amide bonds. The monoisotopic (exact) mass is 432 g/mol. The number of nitrogens with zero attached hydrogens (tertiary/aromatic N) is 3. The van der Waals surface area contributed by atoms with Crippen LogP contribution in [0.4, 0.5) is 19.0 Å². The summed E-state index contributed by atoms with van der Waals surface area (Å²) in [5.74, 6) is 0.0547. The first-order valence-corrected chi connectivity index (χ1v) is 8.83. The van der Waals surface area contributed by atoms with Gasteiger partial charge in [-0.05, 0) is 29.8 Å². The van der Waals surface area contributed by atoms with Crippen molar-refractivity contribution in [3.8, 4) is 11.3 Å². The SMILES string of the molecule is CN(Cc1ccc(C(F)(F)F)cc1)C(=O)c1ccc(-c2cncc(N)n2)cc1.O=CO. The van der Waals surface area contributed by atoms with Crippen molar-refractivity contribution in [1.82, 2.24) is 14.9 Å². The third kappa shape index (κ3) is 6.53. The van der Waals surface area contributed by atoms with Gasteiger partial charge in [-0.25, -0.2) is 4.98 Å². The number of carbonyl (C=O) groups excluding carboxylic acids is 1. The summed E-state index contributed by atoms with van der Waals surface area (Å²) in [5, 5.41) is 6.89. The second-order valence-electron chi connectivity index (χ2n) is 6.37. The Bertz CT molecular complexity index is 1020. The predicted octanol–water partition coefficient (Wildman–Crippen LogP) is 3.72. The molecular weight excluding hydrogens is 413 g/mol. The van der Waals surface area contributed by atoms with E-state index in [2.05, 4.69) is 9.97 Å². The van der Waals surface area contributed by atoms with Crippen LogP contribution in [0.5, 0.6) is 0 Å². The van der Waals surface area contributed by atoms with Crippen LogP contribution in [0.3, 0.4) is 0 Å². The lowest BCUT2D eigenvalue weighted by molar-refractivity contribution is -0.137. The largest absolute Gasteiger partial charge is 0.483 e. The number of aromatic nitrogens is 2. The van der Waals surface area contributed by atoms with Gasteiger partial charge in [-0.2, -0.15) is 13.2 Å². The van der Waals surface area contributed by atoms with Gasteiger partial charge in [0.15, 0.2) is 0 Å². The molecule has 0 unspecified atom stereocenters. The fourth-order valence-corrected chi connectivity index (χ4v) is 2.67. The van der Waals surface area contributed by atoms with Crippen molar-refractivity contribution >= 4 is 18.2 Å². The maximum atomic E-state index is 12.6. The Labute approximate surface area is 176 Å². The fourth-order valence-electron chi connectivity index (χ4n) is 2.67. The van der Waals surface area contributed by atoms with E-state index in [9.17, 15) is 18.0 Å². The number of carbonyl (C=O) groups is 2. The average Bonchev–Trinajstić information content (AvgIpc) is 2.73. The first-order chi connectivity index (χ1) is 14.7. The van der Waals surface area contributed by atoms with Gasteiger partial charge in [0, 0.05) is 24.7 Å². The number of hydrogen-bond donors (Lipinski definition) is 2. The Morgan fingerprint density at radius 3 is 2.19 bits per heavy atom. The molecular formula is C21H19F3N4O3. The molecule has 0 fully saturated rings. The lowest BCUT2D eigenvalue weighted by Gasteiger charge is -2.18. The van der Waals surface area contributed by atoms with Crippen molar-refractivity contribution in [1.29, 1.82) is 0 Å². The molecule has 0 radical (unpaired) electrons. The number of carboxylic acid groups (broad SMARTS) is 1. The summed E-state index contributed by atoms with van der Waals surface area (Å²) in [5.41, 5.74) is 7.33. The number of halogens is 3. The van der Waals surface area contributed by atoms with E-state index in [4.69, 9.17) is 15.6 Å². The Hall–Kier alpha value is -3.95. The van der Waals surface area contributed by atoms with Gasteiger partial charge in [-0.1, -0.05) is 24.3 Å². The minimum absolute atomic E-state index is 0.194. The molecule has 0 aliphatic rings. The van der Waals surface area contributed by atoms with E-state index in [1.165, 1.54) is 23.2 Å². The molecule has 1 heterocycles. The van der Waals surface area contributed by atoms with Crippen LogP contribution < -0.4 is 5.73 Å². The molecule has 3 aromatic rings. The van der Waals surface area contributed by atoms with Crippen molar-refractivity contribution in [2.45, 2.75) is 12.7 Å². The van der Waals surface area contributed by atoms with Crippen molar-refractivity contribution in [2.75, 3.05) is 12.8 Å². The molecule has 10 heteroatoms. The van der Waals surface area contributed by atoms with Crippen LogP contribution in [-0.2, 0) is 17.5 Å². The number of amides is 1. The van der Waals surface area contributed by atoms with Crippen molar-refractivity contribution < 1.29 is 27.9 Å². The van der Waals surface area contributed by atoms with E-state index >= 15 is 0 Å². The Balaban J connectivity index is 0.00000107. The van der Waals surface area contributed by atoms with E-state index < -0.39 is 11.7 Å². The number of anilines is 1. The molecule has 3 rings (SSSR count). The third-order valence-corrected chi connectivity index (χ3v) is 4.13. The van der Waals surface area contributed by atoms with Gasteiger partial charge >= 0.3 is 6.18 Å². The highest BCUT2D eigenvalue weighted by Crippen LogP contribution is 2.29. The Kier molecular flexibility index (Phi) is 7.67. The van der Waals surface area contributed by atoms with Crippen LogP contribution in [0.2, 0.25) is 0 Å². The molecule has 0 bridgehead atoms. The lowest BCUT2D eigenvalue weighted by atomic mass is 10.1. The molecule has 3 N–H and O–H groups in total. The van der Waals surface area contributed by atoms with Gasteiger partial charge in [0.25, 0.3) is 12.4 Å². The van der Waals surface area contributed by atoms with Gasteiger partial charge < -0.3 is 15.7 Å². The summed E-state index contributed by atoms with van der Waals surface area (Å²) in [7, 11) is 1.59. The molecule has 7 nitrogen and oxygen atoms in total. The summed E-state index contributed by atoms with van der Waals surface area (Å²) < 4.78 is 37.9. The number of alkyl halides is 3. The minimum atomic E-state index is -4.38. The topological polar surface area (TPSA) is 109 Å². The molecule has 0 saturated carbocycles. The molecule has 0 spiro atoms. The van der Waals surface area contributed by atoms with Crippen LogP contribution in [0, 0.1) is 0 Å². The van der Waals surface area contributed by atoms with Gasteiger partial charge in [0.1, 0.15) is 5.82 Å². The van der Waals surface area contributed by atoms with E-state index in [1.807, 2.05) is 0 Å². The van der Waals surface area contributed by atoms with Crippen LogP contribution in [0.15, 0.2) is 60.9 Å². The molecule has 0 aliphatic carbocycles. The van der Waals surface area contributed by atoms with E-state index in [1.54, 1.807) is 37.5 Å². The number of benzene rings is 2. The van der Waals surface area contributed by atoms with Crippen LogP contribution >= 0.6 is 0 Å². The second-order valence-corrected chi connectivity index (χ2v) is 6.37. The zero-order valence-electron chi connectivity index (χ0n) is 16.4. The standard InChI is InChI=1S/C20H17F3N4O.CH2O2/c1-27(12-13-2-8-16(9-3-13)20(21,22)23)19(28)15-6-4-14(5-7-15)17-10-25-11-18(24)26-17;2-1-3/h2-11H,12H2,1H3,(H2,24,26);1H,(H,2,3). The molecule has 2 aromatic carbocycles. The van der Waals surface area contributed by atoms with Crippen molar-refractivity contribution in [3.63, 3.8) is 0 Å². The predicted molar refractivity (Wildman–Crippen MR) is 108 cm³/mol. The minimum Gasteiger partial charge on any atom is -0.483 e. The van der Waals surface area contributed by atoms with Gasteiger partial charge in [0.2, 0.25) is 0 Å². The summed E-state index contributed by atoms with van der Waals surface area (Å²) >= 11 is 0.